The number of amides is 1. The van der Waals surface area contributed by atoms with Gasteiger partial charge in [0.1, 0.15) is 5.60 Å². The monoisotopic (exact) mass is 227 g/mol. The molecular weight excluding hydrogens is 206 g/mol. The third-order valence-corrected chi connectivity index (χ3v) is 2.04. The van der Waals surface area contributed by atoms with Crippen LogP contribution >= 0.6 is 0 Å². The first-order valence-corrected chi connectivity index (χ1v) is 5.60. The Bertz CT molecular complexity index is 287. The van der Waals surface area contributed by atoms with E-state index in [9.17, 15) is 4.79 Å². The second kappa shape index (κ2) is 4.87. The highest BCUT2D eigenvalue weighted by molar-refractivity contribution is 5.67. The van der Waals surface area contributed by atoms with Crippen LogP contribution < -0.4 is 0 Å². The maximum absolute atomic E-state index is 11.8. The van der Waals surface area contributed by atoms with Crippen LogP contribution in [0.5, 0.6) is 0 Å². The topological polar surface area (TPSA) is 38.8 Å². The minimum Gasteiger partial charge on any atom is -0.442 e. The summed E-state index contributed by atoms with van der Waals surface area (Å²) >= 11 is 0. The Morgan fingerprint density at radius 2 is 2.06 bits per heavy atom. The summed E-state index contributed by atoms with van der Waals surface area (Å²) in [5.41, 5.74) is 0.683. The molecule has 1 fully saturated rings. The smallest absolute Gasteiger partial charge is 0.435 e. The van der Waals surface area contributed by atoms with Gasteiger partial charge in [-0.3, -0.25) is 4.84 Å². The van der Waals surface area contributed by atoms with E-state index in [0.29, 0.717) is 6.61 Å². The van der Waals surface area contributed by atoms with Gasteiger partial charge in [0, 0.05) is 0 Å². The van der Waals surface area contributed by atoms with Crippen molar-refractivity contribution >= 4 is 6.09 Å². The lowest BCUT2D eigenvalue weighted by Crippen LogP contribution is -2.38. The molecule has 0 aromatic carbocycles. The fourth-order valence-corrected chi connectivity index (χ4v) is 1.52. The number of nitrogens with zero attached hydrogens (tertiary/aromatic N) is 1. The van der Waals surface area contributed by atoms with Crippen molar-refractivity contribution in [2.75, 3.05) is 6.61 Å². The zero-order valence-electron chi connectivity index (χ0n) is 10.7. The molecule has 1 atom stereocenters. The van der Waals surface area contributed by atoms with Crippen LogP contribution in [-0.4, -0.2) is 29.4 Å². The average Bonchev–Trinajstić information content (AvgIpc) is 2.47. The molecule has 1 amide bonds. The molecule has 4 heteroatoms. The van der Waals surface area contributed by atoms with Gasteiger partial charge in [-0.25, -0.2) is 4.79 Å². The largest absolute Gasteiger partial charge is 0.442 e. The van der Waals surface area contributed by atoms with Crippen LogP contribution in [0.2, 0.25) is 0 Å². The molecule has 0 aromatic rings. The lowest BCUT2D eigenvalue weighted by atomic mass is 10.1. The zero-order chi connectivity index (χ0) is 12.3. The normalized spacial score (nSPS) is 20.8. The van der Waals surface area contributed by atoms with E-state index in [2.05, 4.69) is 0 Å². The molecule has 0 unspecified atom stereocenters. The molecule has 16 heavy (non-hydrogen) atoms. The molecular formula is C12H21NO3. The number of ether oxygens (including phenoxy) is 1. The minimum atomic E-state index is -0.488. The second-order valence-electron chi connectivity index (χ2n) is 5.24. The summed E-state index contributed by atoms with van der Waals surface area (Å²) in [5.74, 6) is 0. The molecule has 0 aliphatic carbocycles. The maximum atomic E-state index is 11.8. The van der Waals surface area contributed by atoms with Gasteiger partial charge in [-0.05, 0) is 41.0 Å². The number of rotatable bonds is 1. The first-order valence-electron chi connectivity index (χ1n) is 5.60. The molecule has 0 saturated carbocycles. The van der Waals surface area contributed by atoms with Crippen LogP contribution in [0.25, 0.3) is 0 Å². The summed E-state index contributed by atoms with van der Waals surface area (Å²) in [6, 6.07) is -0.000139. The molecule has 0 bridgehead atoms. The molecule has 92 valence electrons. The fourth-order valence-electron chi connectivity index (χ4n) is 1.52. The lowest BCUT2D eigenvalue weighted by molar-refractivity contribution is -0.117. The lowest BCUT2D eigenvalue weighted by Gasteiger charge is -2.25. The van der Waals surface area contributed by atoms with Crippen molar-refractivity contribution in [2.45, 2.75) is 52.7 Å². The van der Waals surface area contributed by atoms with E-state index in [4.69, 9.17) is 9.57 Å². The highest BCUT2D eigenvalue weighted by atomic mass is 16.7. The second-order valence-corrected chi connectivity index (χ2v) is 5.24. The molecule has 0 radical (unpaired) electrons. The van der Waals surface area contributed by atoms with Crippen molar-refractivity contribution in [3.8, 4) is 0 Å². The summed E-state index contributed by atoms with van der Waals surface area (Å²) in [5, 5.41) is 1.33. The predicted molar refractivity (Wildman–Crippen MR) is 61.9 cm³/mol. The average molecular weight is 227 g/mol. The van der Waals surface area contributed by atoms with Gasteiger partial charge in [0.05, 0.1) is 12.6 Å². The molecule has 4 nitrogen and oxygen atoms in total. The third-order valence-electron chi connectivity index (χ3n) is 2.04. The van der Waals surface area contributed by atoms with Crippen LogP contribution in [0.4, 0.5) is 4.79 Å². The number of hydrogen-bond donors (Lipinski definition) is 0. The van der Waals surface area contributed by atoms with Crippen molar-refractivity contribution in [3.05, 3.63) is 11.6 Å². The van der Waals surface area contributed by atoms with E-state index in [1.807, 2.05) is 40.7 Å². The van der Waals surface area contributed by atoms with Crippen LogP contribution in [0.1, 0.15) is 41.0 Å². The van der Waals surface area contributed by atoms with E-state index in [-0.39, 0.29) is 6.04 Å². The van der Waals surface area contributed by atoms with Crippen molar-refractivity contribution in [3.63, 3.8) is 0 Å². The van der Waals surface area contributed by atoms with Gasteiger partial charge >= 0.3 is 6.09 Å². The molecule has 0 N–H and O–H groups in total. The number of carbonyl (C=O) groups excluding carboxylic acids is 1. The van der Waals surface area contributed by atoms with Gasteiger partial charge in [0.25, 0.3) is 0 Å². The van der Waals surface area contributed by atoms with Crippen LogP contribution in [0.3, 0.4) is 0 Å². The molecule has 1 aliphatic rings. The maximum Gasteiger partial charge on any atom is 0.435 e. The summed E-state index contributed by atoms with van der Waals surface area (Å²) in [6.07, 6.45) is 2.44. The van der Waals surface area contributed by atoms with Gasteiger partial charge < -0.3 is 4.74 Å². The van der Waals surface area contributed by atoms with Crippen LogP contribution in [-0.2, 0) is 9.57 Å². The Hall–Kier alpha value is -1.03. The molecule has 1 rings (SSSR count). The Balaban J connectivity index is 2.65. The van der Waals surface area contributed by atoms with E-state index in [1.54, 1.807) is 0 Å². The van der Waals surface area contributed by atoms with Crippen molar-refractivity contribution in [2.24, 2.45) is 0 Å². The van der Waals surface area contributed by atoms with Crippen LogP contribution in [0, 0.1) is 0 Å². The Kier molecular flexibility index (Phi) is 3.97. The van der Waals surface area contributed by atoms with E-state index in [1.165, 1.54) is 10.6 Å². The Morgan fingerprint density at radius 1 is 1.44 bits per heavy atom. The molecule has 1 heterocycles. The minimum absolute atomic E-state index is 0.000139. The zero-order valence-corrected chi connectivity index (χ0v) is 10.7. The van der Waals surface area contributed by atoms with E-state index in [0.717, 1.165) is 6.42 Å². The van der Waals surface area contributed by atoms with E-state index < -0.39 is 11.7 Å². The number of hydroxylamine groups is 2. The standard InChI is InChI=1S/C12H21NO3/c1-9(2)8-10-6-7-15-13(10)11(14)16-12(3,4)5/h8,10H,6-7H2,1-5H3/t10-/m0/s1. The van der Waals surface area contributed by atoms with Gasteiger partial charge in [-0.2, -0.15) is 5.06 Å². The summed E-state index contributed by atoms with van der Waals surface area (Å²) in [6.45, 7) is 10.1. The number of hydrogen-bond acceptors (Lipinski definition) is 3. The SMILES string of the molecule is CC(C)=C[C@@H]1CCON1C(=O)OC(C)(C)C. The Morgan fingerprint density at radius 3 is 2.56 bits per heavy atom. The highest BCUT2D eigenvalue weighted by Crippen LogP contribution is 2.20. The van der Waals surface area contributed by atoms with Crippen molar-refractivity contribution < 1.29 is 14.4 Å². The fraction of sp³-hybridized carbons (Fsp3) is 0.750. The van der Waals surface area contributed by atoms with Gasteiger partial charge in [-0.15, -0.1) is 0 Å². The highest BCUT2D eigenvalue weighted by Gasteiger charge is 2.32. The van der Waals surface area contributed by atoms with Crippen LogP contribution in [0.15, 0.2) is 11.6 Å². The summed E-state index contributed by atoms with van der Waals surface area (Å²) < 4.78 is 5.27. The Labute approximate surface area is 97.2 Å². The predicted octanol–water partition coefficient (Wildman–Crippen LogP) is 2.89. The first kappa shape index (κ1) is 13.0. The molecule has 0 spiro atoms. The van der Waals surface area contributed by atoms with E-state index >= 15 is 0 Å². The molecule has 1 saturated heterocycles. The first-order chi connectivity index (χ1) is 7.29. The molecule has 1 aliphatic heterocycles. The molecule has 0 aromatic heterocycles. The van der Waals surface area contributed by atoms with Gasteiger partial charge in [0.15, 0.2) is 0 Å². The summed E-state index contributed by atoms with van der Waals surface area (Å²) in [4.78, 5) is 17.1. The van der Waals surface area contributed by atoms with Gasteiger partial charge in [-0.1, -0.05) is 11.6 Å². The number of allylic oxidation sites excluding steroid dienone is 1. The van der Waals surface area contributed by atoms with Gasteiger partial charge in [0.2, 0.25) is 0 Å². The summed E-state index contributed by atoms with van der Waals surface area (Å²) in [7, 11) is 0. The van der Waals surface area contributed by atoms with Crippen molar-refractivity contribution in [1.29, 1.82) is 0 Å². The van der Waals surface area contributed by atoms with Crippen molar-refractivity contribution in [1.82, 2.24) is 5.06 Å². The number of carbonyl (C=O) groups is 1. The quantitative estimate of drug-likeness (QED) is 0.646. The third kappa shape index (κ3) is 3.85.